The number of likely N-dealkylation sites (tertiary alicyclic amines) is 1. The number of rotatable bonds is 3. The molecule has 1 aromatic rings. The molecule has 1 unspecified atom stereocenters. The van der Waals surface area contributed by atoms with Gasteiger partial charge in [-0.05, 0) is 30.5 Å². The molecule has 1 fully saturated rings. The van der Waals surface area contributed by atoms with Crippen LogP contribution in [0.2, 0.25) is 0 Å². The maximum absolute atomic E-state index is 12.4. The number of hydrogen-bond acceptors (Lipinski definition) is 4. The molecule has 102 valence electrons. The largest absolute Gasteiger partial charge is 0.467 e. The van der Waals surface area contributed by atoms with E-state index in [1.807, 2.05) is 6.07 Å². The van der Waals surface area contributed by atoms with E-state index in [0.29, 0.717) is 25.1 Å². The highest BCUT2D eigenvalue weighted by molar-refractivity contribution is 5.97. The van der Waals surface area contributed by atoms with E-state index in [1.165, 1.54) is 7.11 Å². The lowest BCUT2D eigenvalue weighted by atomic mass is 10.1. The number of benzene rings is 1. The van der Waals surface area contributed by atoms with Crippen molar-refractivity contribution in [2.75, 3.05) is 13.7 Å². The first kappa shape index (κ1) is 13.5. The van der Waals surface area contributed by atoms with Crippen LogP contribution >= 0.6 is 0 Å². The fourth-order valence-corrected chi connectivity index (χ4v) is 2.39. The topological polar surface area (TPSA) is 72.6 Å². The van der Waals surface area contributed by atoms with Crippen molar-refractivity contribution in [1.82, 2.24) is 4.90 Å². The van der Waals surface area contributed by atoms with Gasteiger partial charge in [-0.15, -0.1) is 0 Å². The van der Waals surface area contributed by atoms with Crippen LogP contribution in [-0.4, -0.2) is 36.5 Å². The summed E-state index contributed by atoms with van der Waals surface area (Å²) in [5.74, 6) is -0.482. The highest BCUT2D eigenvalue weighted by atomic mass is 16.5. The summed E-state index contributed by atoms with van der Waals surface area (Å²) in [5.41, 5.74) is 7.04. The molecule has 2 rings (SSSR count). The van der Waals surface area contributed by atoms with Crippen LogP contribution in [0.5, 0.6) is 0 Å². The van der Waals surface area contributed by atoms with Gasteiger partial charge >= 0.3 is 5.97 Å². The van der Waals surface area contributed by atoms with Crippen molar-refractivity contribution in [3.05, 3.63) is 35.4 Å². The molecule has 1 aliphatic rings. The number of amides is 1. The van der Waals surface area contributed by atoms with E-state index in [2.05, 4.69) is 0 Å². The van der Waals surface area contributed by atoms with Crippen LogP contribution in [0.1, 0.15) is 28.8 Å². The quantitative estimate of drug-likeness (QED) is 0.822. The maximum Gasteiger partial charge on any atom is 0.328 e. The van der Waals surface area contributed by atoms with Crippen molar-refractivity contribution in [1.29, 1.82) is 0 Å². The van der Waals surface area contributed by atoms with Gasteiger partial charge in [0.25, 0.3) is 5.91 Å². The highest BCUT2D eigenvalue weighted by Gasteiger charge is 2.35. The lowest BCUT2D eigenvalue weighted by Crippen LogP contribution is -2.41. The molecule has 0 spiro atoms. The lowest BCUT2D eigenvalue weighted by molar-refractivity contribution is -0.145. The zero-order valence-corrected chi connectivity index (χ0v) is 11.0. The number of carbonyl (C=O) groups excluding carboxylic acids is 2. The van der Waals surface area contributed by atoms with E-state index < -0.39 is 6.04 Å². The summed E-state index contributed by atoms with van der Waals surface area (Å²) in [7, 11) is 1.35. The second kappa shape index (κ2) is 5.84. The summed E-state index contributed by atoms with van der Waals surface area (Å²) in [6.45, 7) is 0.979. The van der Waals surface area contributed by atoms with Gasteiger partial charge in [-0.25, -0.2) is 4.79 Å². The third-order valence-electron chi connectivity index (χ3n) is 3.40. The lowest BCUT2D eigenvalue weighted by Gasteiger charge is -2.22. The van der Waals surface area contributed by atoms with E-state index in [1.54, 1.807) is 23.1 Å². The minimum atomic E-state index is -0.459. The Morgan fingerprint density at radius 1 is 1.47 bits per heavy atom. The Bertz CT molecular complexity index is 487. The molecule has 1 aliphatic heterocycles. The molecule has 1 amide bonds. The summed E-state index contributed by atoms with van der Waals surface area (Å²) >= 11 is 0. The van der Waals surface area contributed by atoms with Crippen molar-refractivity contribution < 1.29 is 14.3 Å². The van der Waals surface area contributed by atoms with Gasteiger partial charge in [0, 0.05) is 18.7 Å². The molecule has 19 heavy (non-hydrogen) atoms. The van der Waals surface area contributed by atoms with Crippen molar-refractivity contribution in [2.24, 2.45) is 5.73 Å². The molecule has 2 N–H and O–H groups in total. The molecule has 0 aliphatic carbocycles. The standard InChI is InChI=1S/C14H18N2O3/c1-19-14(18)12-6-3-7-16(12)13(17)11-5-2-4-10(8-11)9-15/h2,4-5,8,12H,3,6-7,9,15H2,1H3. The average Bonchev–Trinajstić information content (AvgIpc) is 2.95. The molecule has 0 saturated carbocycles. The molecular weight excluding hydrogens is 244 g/mol. The molecule has 1 atom stereocenters. The molecule has 1 aromatic carbocycles. The monoisotopic (exact) mass is 262 g/mol. The highest BCUT2D eigenvalue weighted by Crippen LogP contribution is 2.21. The molecule has 1 saturated heterocycles. The van der Waals surface area contributed by atoms with Crippen LogP contribution in [0.15, 0.2) is 24.3 Å². The molecule has 0 bridgehead atoms. The summed E-state index contributed by atoms with van der Waals surface area (Å²) in [6.07, 6.45) is 1.48. The SMILES string of the molecule is COC(=O)C1CCCN1C(=O)c1cccc(CN)c1. The summed E-state index contributed by atoms with van der Waals surface area (Å²) in [6, 6.07) is 6.74. The fourth-order valence-electron chi connectivity index (χ4n) is 2.39. The van der Waals surface area contributed by atoms with Gasteiger partial charge in [-0.3, -0.25) is 4.79 Å². The van der Waals surface area contributed by atoms with Crippen LogP contribution in [0.4, 0.5) is 0 Å². The summed E-state index contributed by atoms with van der Waals surface area (Å²) < 4.78 is 4.74. The van der Waals surface area contributed by atoms with Crippen molar-refractivity contribution in [3.8, 4) is 0 Å². The van der Waals surface area contributed by atoms with Crippen LogP contribution in [0.3, 0.4) is 0 Å². The molecule has 5 nitrogen and oxygen atoms in total. The number of methoxy groups -OCH3 is 1. The third kappa shape index (κ3) is 2.76. The minimum Gasteiger partial charge on any atom is -0.467 e. The Morgan fingerprint density at radius 3 is 2.95 bits per heavy atom. The molecule has 5 heteroatoms. The Morgan fingerprint density at radius 2 is 2.26 bits per heavy atom. The van der Waals surface area contributed by atoms with Crippen molar-refractivity contribution >= 4 is 11.9 Å². The first-order valence-corrected chi connectivity index (χ1v) is 6.35. The number of nitrogens with two attached hydrogens (primary N) is 1. The van der Waals surface area contributed by atoms with E-state index in [4.69, 9.17) is 10.5 Å². The van der Waals surface area contributed by atoms with Crippen LogP contribution in [0, 0.1) is 0 Å². The number of carbonyl (C=O) groups is 2. The van der Waals surface area contributed by atoms with E-state index in [-0.39, 0.29) is 11.9 Å². The second-order valence-corrected chi connectivity index (χ2v) is 4.58. The number of ether oxygens (including phenoxy) is 1. The van der Waals surface area contributed by atoms with Gasteiger partial charge in [0.05, 0.1) is 7.11 Å². The van der Waals surface area contributed by atoms with Crippen molar-refractivity contribution in [3.63, 3.8) is 0 Å². The minimum absolute atomic E-state index is 0.136. The van der Waals surface area contributed by atoms with Crippen LogP contribution in [0.25, 0.3) is 0 Å². The second-order valence-electron chi connectivity index (χ2n) is 4.58. The van der Waals surface area contributed by atoms with Gasteiger partial charge in [0.15, 0.2) is 0 Å². The third-order valence-corrected chi connectivity index (χ3v) is 3.40. The van der Waals surface area contributed by atoms with Gasteiger partial charge in [0.2, 0.25) is 0 Å². The van der Waals surface area contributed by atoms with Crippen LogP contribution < -0.4 is 5.73 Å². The van der Waals surface area contributed by atoms with Crippen LogP contribution in [-0.2, 0) is 16.1 Å². The van der Waals surface area contributed by atoms with Gasteiger partial charge in [-0.2, -0.15) is 0 Å². The number of hydrogen-bond donors (Lipinski definition) is 1. The maximum atomic E-state index is 12.4. The van der Waals surface area contributed by atoms with E-state index in [0.717, 1.165) is 12.0 Å². The Labute approximate surface area is 112 Å². The zero-order valence-electron chi connectivity index (χ0n) is 11.0. The smallest absolute Gasteiger partial charge is 0.328 e. The Hall–Kier alpha value is -1.88. The number of esters is 1. The normalized spacial score (nSPS) is 18.4. The number of nitrogens with zero attached hydrogens (tertiary/aromatic N) is 1. The Balaban J connectivity index is 2.20. The molecule has 0 radical (unpaired) electrons. The first-order valence-electron chi connectivity index (χ1n) is 6.35. The summed E-state index contributed by atoms with van der Waals surface area (Å²) in [4.78, 5) is 25.7. The van der Waals surface area contributed by atoms with E-state index in [9.17, 15) is 9.59 Å². The molecular formula is C14H18N2O3. The summed E-state index contributed by atoms with van der Waals surface area (Å²) in [5, 5.41) is 0. The zero-order chi connectivity index (χ0) is 13.8. The Kier molecular flexibility index (Phi) is 4.16. The predicted molar refractivity (Wildman–Crippen MR) is 70.4 cm³/mol. The van der Waals surface area contributed by atoms with Gasteiger partial charge in [-0.1, -0.05) is 12.1 Å². The predicted octanol–water partition coefficient (Wildman–Crippen LogP) is 0.923. The first-order chi connectivity index (χ1) is 9.17. The molecule has 1 heterocycles. The van der Waals surface area contributed by atoms with Gasteiger partial charge < -0.3 is 15.4 Å². The average molecular weight is 262 g/mol. The fraction of sp³-hybridized carbons (Fsp3) is 0.429. The molecule has 0 aromatic heterocycles. The van der Waals surface area contributed by atoms with Gasteiger partial charge in [0.1, 0.15) is 6.04 Å². The van der Waals surface area contributed by atoms with E-state index >= 15 is 0 Å². The van der Waals surface area contributed by atoms with Crippen molar-refractivity contribution in [2.45, 2.75) is 25.4 Å².